The van der Waals surface area contributed by atoms with Gasteiger partial charge in [0, 0.05) is 55.1 Å². The number of carboxylic acids is 1. The first-order valence-electron chi connectivity index (χ1n) is 7.89. The van der Waals surface area contributed by atoms with E-state index >= 15 is 0 Å². The normalized spacial score (nSPS) is 21.1. The van der Waals surface area contributed by atoms with Gasteiger partial charge in [0.25, 0.3) is 0 Å². The molecule has 3 rings (SSSR count). The predicted octanol–water partition coefficient (Wildman–Crippen LogP) is 1.95. The third kappa shape index (κ3) is 4.20. The van der Waals surface area contributed by atoms with Crippen LogP contribution in [0.2, 0.25) is 0 Å². The van der Waals surface area contributed by atoms with Crippen LogP contribution in [0, 0.1) is 0 Å². The van der Waals surface area contributed by atoms with E-state index in [1.165, 1.54) is 28.7 Å². The Balaban J connectivity index is 1.67. The number of rotatable bonds is 4. The second-order valence-corrected chi connectivity index (χ2v) is 8.17. The molecule has 1 aromatic rings. The highest BCUT2D eigenvalue weighted by Crippen LogP contribution is 2.24. The second-order valence-electron chi connectivity index (χ2n) is 5.87. The fourth-order valence-electron chi connectivity index (χ4n) is 3.03. The first-order chi connectivity index (χ1) is 10.7. The number of hydrogen-bond donors (Lipinski definition) is 1. The highest BCUT2D eigenvalue weighted by Gasteiger charge is 2.24. The zero-order chi connectivity index (χ0) is 15.4. The molecule has 0 unspecified atom stereocenters. The molecule has 1 fully saturated rings. The van der Waals surface area contributed by atoms with E-state index in [-0.39, 0.29) is 6.42 Å². The summed E-state index contributed by atoms with van der Waals surface area (Å²) in [6.07, 6.45) is 1.82. The summed E-state index contributed by atoms with van der Waals surface area (Å²) in [4.78, 5) is 13.3. The van der Waals surface area contributed by atoms with Crippen LogP contribution >= 0.6 is 23.5 Å². The lowest BCUT2D eigenvalue weighted by molar-refractivity contribution is -0.136. The summed E-state index contributed by atoms with van der Waals surface area (Å²) < 4.78 is 2.09. The minimum atomic E-state index is -0.752. The zero-order valence-corrected chi connectivity index (χ0v) is 14.4. The molecule has 0 amide bonds. The van der Waals surface area contributed by atoms with Gasteiger partial charge in [-0.1, -0.05) is 0 Å². The molecule has 1 saturated heterocycles. The molecule has 1 aromatic heterocycles. The highest BCUT2D eigenvalue weighted by atomic mass is 32.2. The molecule has 22 heavy (non-hydrogen) atoms. The van der Waals surface area contributed by atoms with Gasteiger partial charge in [-0.05, 0) is 12.5 Å². The lowest BCUT2D eigenvalue weighted by Crippen LogP contribution is -2.38. The second kappa shape index (κ2) is 7.75. The van der Waals surface area contributed by atoms with Gasteiger partial charge in [-0.15, -0.1) is 0 Å². The van der Waals surface area contributed by atoms with Gasteiger partial charge in [0.1, 0.15) is 0 Å². The molecule has 122 valence electrons. The SMILES string of the molecule is O=C(O)CCc1cc2n(n1)CCCN(C1CSCCSC1)C2. The Hall–Kier alpha value is -0.660. The average molecular weight is 342 g/mol. The number of hydrogen-bond acceptors (Lipinski definition) is 5. The number of fused-ring (bicyclic) bond motifs is 1. The molecule has 0 spiro atoms. The van der Waals surface area contributed by atoms with Gasteiger partial charge < -0.3 is 5.11 Å². The van der Waals surface area contributed by atoms with Crippen molar-refractivity contribution < 1.29 is 9.90 Å². The Morgan fingerprint density at radius 2 is 2.09 bits per heavy atom. The predicted molar refractivity (Wildman–Crippen MR) is 91.6 cm³/mol. The van der Waals surface area contributed by atoms with Crippen molar-refractivity contribution in [3.05, 3.63) is 17.5 Å². The number of thioether (sulfide) groups is 2. The molecule has 2 aliphatic rings. The number of aryl methyl sites for hydroxylation is 2. The quantitative estimate of drug-likeness (QED) is 0.903. The Labute approximate surface area is 139 Å². The van der Waals surface area contributed by atoms with E-state index < -0.39 is 5.97 Å². The van der Waals surface area contributed by atoms with Crippen molar-refractivity contribution in [2.45, 2.75) is 38.4 Å². The molecule has 1 N–H and O–H groups in total. The van der Waals surface area contributed by atoms with Crippen LogP contribution in [0.25, 0.3) is 0 Å². The van der Waals surface area contributed by atoms with Crippen molar-refractivity contribution in [2.75, 3.05) is 29.6 Å². The number of nitrogens with zero attached hydrogens (tertiary/aromatic N) is 3. The Morgan fingerprint density at radius 1 is 1.32 bits per heavy atom. The lowest BCUT2D eigenvalue weighted by atomic mass is 10.2. The van der Waals surface area contributed by atoms with Gasteiger partial charge in [-0.25, -0.2) is 0 Å². The fraction of sp³-hybridized carbons (Fsp3) is 0.733. The van der Waals surface area contributed by atoms with E-state index in [1.54, 1.807) is 0 Å². The minimum absolute atomic E-state index is 0.163. The van der Waals surface area contributed by atoms with E-state index in [0.29, 0.717) is 12.5 Å². The van der Waals surface area contributed by atoms with Crippen LogP contribution in [0.1, 0.15) is 24.2 Å². The van der Waals surface area contributed by atoms with E-state index in [2.05, 4.69) is 44.3 Å². The molecule has 2 aliphatic heterocycles. The van der Waals surface area contributed by atoms with E-state index in [9.17, 15) is 4.79 Å². The first kappa shape index (κ1) is 16.2. The molecule has 5 nitrogen and oxygen atoms in total. The fourth-order valence-corrected chi connectivity index (χ4v) is 5.66. The van der Waals surface area contributed by atoms with Crippen molar-refractivity contribution >= 4 is 29.5 Å². The molecular formula is C15H23N3O2S2. The molecule has 0 radical (unpaired) electrons. The summed E-state index contributed by atoms with van der Waals surface area (Å²) in [6.45, 7) is 3.04. The number of carboxylic acid groups (broad SMARTS) is 1. The number of carbonyl (C=O) groups is 1. The van der Waals surface area contributed by atoms with Gasteiger partial charge in [-0.3, -0.25) is 14.4 Å². The Bertz CT molecular complexity index is 513. The molecule has 0 aliphatic carbocycles. The van der Waals surface area contributed by atoms with Crippen LogP contribution in [0.3, 0.4) is 0 Å². The first-order valence-corrected chi connectivity index (χ1v) is 10.2. The molecule has 0 aromatic carbocycles. The summed E-state index contributed by atoms with van der Waals surface area (Å²) >= 11 is 4.14. The lowest BCUT2D eigenvalue weighted by Gasteiger charge is -2.28. The highest BCUT2D eigenvalue weighted by molar-refractivity contribution is 8.03. The average Bonchev–Trinajstić information content (AvgIpc) is 2.70. The van der Waals surface area contributed by atoms with Crippen LogP contribution in [0.5, 0.6) is 0 Å². The molecule has 0 bridgehead atoms. The van der Waals surface area contributed by atoms with Crippen LogP contribution < -0.4 is 0 Å². The maximum atomic E-state index is 10.7. The largest absolute Gasteiger partial charge is 0.481 e. The van der Waals surface area contributed by atoms with Crippen molar-refractivity contribution in [1.29, 1.82) is 0 Å². The number of aromatic nitrogens is 2. The maximum absolute atomic E-state index is 10.7. The van der Waals surface area contributed by atoms with Gasteiger partial charge in [0.05, 0.1) is 17.8 Å². The minimum Gasteiger partial charge on any atom is -0.481 e. The van der Waals surface area contributed by atoms with Gasteiger partial charge in [0.2, 0.25) is 0 Å². The van der Waals surface area contributed by atoms with Crippen molar-refractivity contribution in [3.8, 4) is 0 Å². The van der Waals surface area contributed by atoms with Gasteiger partial charge in [0.15, 0.2) is 0 Å². The summed E-state index contributed by atoms with van der Waals surface area (Å²) in [5.41, 5.74) is 2.17. The van der Waals surface area contributed by atoms with E-state index in [1.807, 2.05) is 0 Å². The summed E-state index contributed by atoms with van der Waals surface area (Å²) in [6, 6.07) is 2.76. The van der Waals surface area contributed by atoms with Crippen molar-refractivity contribution in [3.63, 3.8) is 0 Å². The Kier molecular flexibility index (Phi) is 5.71. The summed E-state index contributed by atoms with van der Waals surface area (Å²) in [5.74, 6) is 4.25. The molecular weight excluding hydrogens is 318 g/mol. The van der Waals surface area contributed by atoms with E-state index in [4.69, 9.17) is 5.11 Å². The third-order valence-electron chi connectivity index (χ3n) is 4.20. The third-order valence-corrected chi connectivity index (χ3v) is 6.68. The summed E-state index contributed by atoms with van der Waals surface area (Å²) in [7, 11) is 0. The standard InChI is InChI=1S/C15H23N3O2S2/c19-15(20)3-2-12-8-13-9-17(4-1-5-18(13)16-12)14-10-21-6-7-22-11-14/h8,14H,1-7,9-11H2,(H,19,20). The molecule has 0 atom stereocenters. The summed E-state index contributed by atoms with van der Waals surface area (Å²) in [5, 5.41) is 13.4. The molecule has 3 heterocycles. The van der Waals surface area contributed by atoms with Gasteiger partial charge >= 0.3 is 5.97 Å². The Morgan fingerprint density at radius 3 is 2.82 bits per heavy atom. The van der Waals surface area contributed by atoms with Crippen LogP contribution in [-0.2, 0) is 24.3 Å². The monoisotopic (exact) mass is 341 g/mol. The molecule has 7 heteroatoms. The maximum Gasteiger partial charge on any atom is 0.303 e. The van der Waals surface area contributed by atoms with Crippen LogP contribution in [0.15, 0.2) is 6.07 Å². The van der Waals surface area contributed by atoms with Crippen molar-refractivity contribution in [2.24, 2.45) is 0 Å². The van der Waals surface area contributed by atoms with Gasteiger partial charge in [-0.2, -0.15) is 28.6 Å². The topological polar surface area (TPSA) is 58.4 Å². The zero-order valence-electron chi connectivity index (χ0n) is 12.7. The number of aliphatic carboxylic acids is 1. The van der Waals surface area contributed by atoms with Crippen LogP contribution in [0.4, 0.5) is 0 Å². The van der Waals surface area contributed by atoms with E-state index in [0.717, 1.165) is 31.7 Å². The van der Waals surface area contributed by atoms with Crippen molar-refractivity contribution in [1.82, 2.24) is 14.7 Å². The molecule has 0 saturated carbocycles. The smallest absolute Gasteiger partial charge is 0.303 e. The van der Waals surface area contributed by atoms with Crippen LogP contribution in [-0.4, -0.2) is 61.4 Å².